The second kappa shape index (κ2) is 5.71. The maximum Gasteiger partial charge on any atom is 0.0697 e. The van der Waals surface area contributed by atoms with Crippen LogP contribution < -0.4 is 5.32 Å². The standard InChI is InChI=1S/C16H29NO2/c1-15(7-10-18-11-8-15)13-17-14-4-9-19-16(12-14)5-2-3-6-16/h14,17H,2-13H2,1H3. The number of ether oxygens (including phenoxy) is 2. The van der Waals surface area contributed by atoms with Crippen molar-refractivity contribution < 1.29 is 9.47 Å². The molecule has 0 aromatic heterocycles. The van der Waals surface area contributed by atoms with Gasteiger partial charge in [0.05, 0.1) is 5.60 Å². The molecule has 1 N–H and O–H groups in total. The Hall–Kier alpha value is -0.120. The minimum atomic E-state index is 0.243. The van der Waals surface area contributed by atoms with Crippen LogP contribution in [0.25, 0.3) is 0 Å². The Morgan fingerprint density at radius 1 is 1.05 bits per heavy atom. The fourth-order valence-corrected chi connectivity index (χ4v) is 4.00. The maximum atomic E-state index is 6.11. The Balaban J connectivity index is 1.49. The van der Waals surface area contributed by atoms with Crippen LogP contribution in [0, 0.1) is 5.41 Å². The van der Waals surface area contributed by atoms with Crippen molar-refractivity contribution in [2.45, 2.75) is 69.9 Å². The number of hydrogen-bond acceptors (Lipinski definition) is 3. The van der Waals surface area contributed by atoms with E-state index in [-0.39, 0.29) is 5.60 Å². The molecule has 3 fully saturated rings. The molecule has 3 heteroatoms. The van der Waals surface area contributed by atoms with Gasteiger partial charge in [0.2, 0.25) is 0 Å². The Kier molecular flexibility index (Phi) is 4.16. The molecule has 3 rings (SSSR count). The fourth-order valence-electron chi connectivity index (χ4n) is 4.00. The number of rotatable bonds is 3. The van der Waals surface area contributed by atoms with E-state index in [2.05, 4.69) is 12.2 Å². The summed E-state index contributed by atoms with van der Waals surface area (Å²) in [5.74, 6) is 0. The van der Waals surface area contributed by atoms with Crippen LogP contribution in [0.2, 0.25) is 0 Å². The summed E-state index contributed by atoms with van der Waals surface area (Å²) in [5, 5.41) is 3.85. The van der Waals surface area contributed by atoms with Crippen molar-refractivity contribution in [1.29, 1.82) is 0 Å². The molecule has 2 saturated heterocycles. The lowest BCUT2D eigenvalue weighted by atomic mass is 9.81. The molecule has 2 aliphatic heterocycles. The molecule has 0 bridgehead atoms. The van der Waals surface area contributed by atoms with Gasteiger partial charge in [-0.05, 0) is 43.9 Å². The van der Waals surface area contributed by atoms with Gasteiger partial charge in [0.1, 0.15) is 0 Å². The Morgan fingerprint density at radius 2 is 1.79 bits per heavy atom. The van der Waals surface area contributed by atoms with E-state index in [0.29, 0.717) is 11.5 Å². The van der Waals surface area contributed by atoms with Crippen molar-refractivity contribution in [3.05, 3.63) is 0 Å². The molecular formula is C16H29NO2. The van der Waals surface area contributed by atoms with E-state index in [1.54, 1.807) is 0 Å². The van der Waals surface area contributed by atoms with E-state index in [1.165, 1.54) is 51.4 Å². The molecule has 1 spiro atoms. The molecule has 19 heavy (non-hydrogen) atoms. The second-order valence-electron chi connectivity index (χ2n) is 7.23. The van der Waals surface area contributed by atoms with Crippen molar-refractivity contribution in [2.75, 3.05) is 26.4 Å². The lowest BCUT2D eigenvalue weighted by molar-refractivity contribution is -0.0853. The zero-order valence-electron chi connectivity index (χ0n) is 12.4. The van der Waals surface area contributed by atoms with Gasteiger partial charge in [0.15, 0.2) is 0 Å². The van der Waals surface area contributed by atoms with Gasteiger partial charge in [-0.3, -0.25) is 0 Å². The van der Waals surface area contributed by atoms with E-state index in [9.17, 15) is 0 Å². The van der Waals surface area contributed by atoms with Crippen LogP contribution in [0.15, 0.2) is 0 Å². The molecule has 3 aliphatic rings. The van der Waals surface area contributed by atoms with Gasteiger partial charge in [0, 0.05) is 32.4 Å². The van der Waals surface area contributed by atoms with Crippen LogP contribution in [0.1, 0.15) is 58.3 Å². The summed E-state index contributed by atoms with van der Waals surface area (Å²) in [7, 11) is 0. The van der Waals surface area contributed by atoms with E-state index in [1.807, 2.05) is 0 Å². The fraction of sp³-hybridized carbons (Fsp3) is 1.00. The van der Waals surface area contributed by atoms with Crippen LogP contribution in [0.5, 0.6) is 0 Å². The van der Waals surface area contributed by atoms with Crippen LogP contribution in [-0.4, -0.2) is 38.0 Å². The Bertz CT molecular complexity index is 293. The zero-order chi connectivity index (χ0) is 13.2. The molecule has 3 nitrogen and oxygen atoms in total. The van der Waals surface area contributed by atoms with E-state index < -0.39 is 0 Å². The predicted molar refractivity (Wildman–Crippen MR) is 76.3 cm³/mol. The number of hydrogen-bond donors (Lipinski definition) is 1. The molecule has 0 radical (unpaired) electrons. The normalized spacial score (nSPS) is 33.6. The first-order chi connectivity index (χ1) is 9.20. The average Bonchev–Trinajstić information content (AvgIpc) is 2.86. The molecule has 0 aromatic carbocycles. The molecule has 1 unspecified atom stereocenters. The second-order valence-corrected chi connectivity index (χ2v) is 7.23. The van der Waals surface area contributed by atoms with Gasteiger partial charge in [-0.15, -0.1) is 0 Å². The van der Waals surface area contributed by atoms with Gasteiger partial charge >= 0.3 is 0 Å². The molecule has 0 amide bonds. The topological polar surface area (TPSA) is 30.5 Å². The monoisotopic (exact) mass is 267 g/mol. The summed E-state index contributed by atoms with van der Waals surface area (Å²) >= 11 is 0. The van der Waals surface area contributed by atoms with Gasteiger partial charge in [0.25, 0.3) is 0 Å². The highest BCUT2D eigenvalue weighted by molar-refractivity contribution is 4.94. The smallest absolute Gasteiger partial charge is 0.0697 e. The van der Waals surface area contributed by atoms with Crippen LogP contribution in [-0.2, 0) is 9.47 Å². The van der Waals surface area contributed by atoms with Crippen molar-refractivity contribution in [3.63, 3.8) is 0 Å². The van der Waals surface area contributed by atoms with Crippen LogP contribution in [0.4, 0.5) is 0 Å². The molecule has 1 atom stereocenters. The summed E-state index contributed by atoms with van der Waals surface area (Å²) < 4.78 is 11.6. The third-order valence-electron chi connectivity index (χ3n) is 5.53. The first kappa shape index (κ1) is 13.8. The van der Waals surface area contributed by atoms with Crippen molar-refractivity contribution in [3.8, 4) is 0 Å². The number of nitrogens with one attached hydrogen (secondary N) is 1. The van der Waals surface area contributed by atoms with Gasteiger partial charge < -0.3 is 14.8 Å². The minimum Gasteiger partial charge on any atom is -0.381 e. The molecule has 1 aliphatic carbocycles. The third kappa shape index (κ3) is 3.32. The molecule has 0 aromatic rings. The van der Waals surface area contributed by atoms with Crippen molar-refractivity contribution in [1.82, 2.24) is 5.32 Å². The zero-order valence-corrected chi connectivity index (χ0v) is 12.4. The van der Waals surface area contributed by atoms with Crippen LogP contribution >= 0.6 is 0 Å². The van der Waals surface area contributed by atoms with Gasteiger partial charge in [-0.2, -0.15) is 0 Å². The summed E-state index contributed by atoms with van der Waals surface area (Å²) in [4.78, 5) is 0. The average molecular weight is 267 g/mol. The lowest BCUT2D eigenvalue weighted by Gasteiger charge is -2.41. The van der Waals surface area contributed by atoms with E-state index in [4.69, 9.17) is 9.47 Å². The maximum absolute atomic E-state index is 6.11. The van der Waals surface area contributed by atoms with Crippen LogP contribution in [0.3, 0.4) is 0 Å². The van der Waals surface area contributed by atoms with E-state index in [0.717, 1.165) is 26.4 Å². The molecule has 110 valence electrons. The molecular weight excluding hydrogens is 238 g/mol. The summed E-state index contributed by atoms with van der Waals surface area (Å²) in [6.07, 6.45) is 10.1. The first-order valence-corrected chi connectivity index (χ1v) is 8.15. The predicted octanol–water partition coefficient (Wildman–Crippen LogP) is 2.88. The van der Waals surface area contributed by atoms with Gasteiger partial charge in [-0.25, -0.2) is 0 Å². The SMILES string of the molecule is CC1(CNC2CCOC3(CCCC3)C2)CCOCC1. The highest BCUT2D eigenvalue weighted by Crippen LogP contribution is 2.40. The minimum absolute atomic E-state index is 0.243. The largest absolute Gasteiger partial charge is 0.381 e. The molecule has 1 saturated carbocycles. The quantitative estimate of drug-likeness (QED) is 0.853. The Labute approximate surface area is 117 Å². The summed E-state index contributed by atoms with van der Waals surface area (Å²) in [6, 6.07) is 0.673. The molecule has 2 heterocycles. The van der Waals surface area contributed by atoms with Crippen molar-refractivity contribution >= 4 is 0 Å². The van der Waals surface area contributed by atoms with Crippen molar-refractivity contribution in [2.24, 2.45) is 5.41 Å². The Morgan fingerprint density at radius 3 is 2.53 bits per heavy atom. The summed E-state index contributed by atoms with van der Waals surface area (Å²) in [5.41, 5.74) is 0.686. The van der Waals surface area contributed by atoms with E-state index >= 15 is 0 Å². The third-order valence-corrected chi connectivity index (χ3v) is 5.53. The highest BCUT2D eigenvalue weighted by atomic mass is 16.5. The lowest BCUT2D eigenvalue weighted by Crippen LogP contribution is -2.48. The first-order valence-electron chi connectivity index (χ1n) is 8.15. The highest BCUT2D eigenvalue weighted by Gasteiger charge is 2.40. The van der Waals surface area contributed by atoms with Gasteiger partial charge in [-0.1, -0.05) is 19.8 Å². The summed E-state index contributed by atoms with van der Waals surface area (Å²) in [6.45, 7) is 6.40.